The summed E-state index contributed by atoms with van der Waals surface area (Å²) in [6.45, 7) is 0.160. The lowest BCUT2D eigenvalue weighted by molar-refractivity contribution is -0.134. The molecule has 1 saturated heterocycles. The number of carbonyl (C=O) groups excluding carboxylic acids is 4. The highest BCUT2D eigenvalue weighted by atomic mass is 16.6. The Morgan fingerprint density at radius 2 is 1.88 bits per heavy atom. The molecule has 1 atom stereocenters. The number of nitrogens with one attached hydrogen (secondary N) is 2. The van der Waals surface area contributed by atoms with Crippen LogP contribution in [0.4, 0.5) is 10.5 Å². The minimum atomic E-state index is -0.783. The number of ether oxygens (including phenoxy) is 1. The molecule has 0 saturated carbocycles. The average Bonchev–Trinajstić information content (AvgIpc) is 3.66. The molecule has 1 aromatic heterocycles. The number of nitrogens with zero attached hydrogens (tertiary/aromatic N) is 2. The summed E-state index contributed by atoms with van der Waals surface area (Å²) in [5, 5.41) is 5.56. The van der Waals surface area contributed by atoms with Gasteiger partial charge in [0.2, 0.25) is 11.8 Å². The van der Waals surface area contributed by atoms with Gasteiger partial charge in [0.25, 0.3) is 5.91 Å². The highest BCUT2D eigenvalue weighted by Gasteiger charge is 2.49. The third-order valence-electron chi connectivity index (χ3n) is 5.87. The van der Waals surface area contributed by atoms with Gasteiger partial charge in [-0.2, -0.15) is 4.79 Å². The van der Waals surface area contributed by atoms with Crippen LogP contribution in [0.2, 0.25) is 0 Å². The summed E-state index contributed by atoms with van der Waals surface area (Å²) >= 11 is 0. The van der Waals surface area contributed by atoms with Gasteiger partial charge in [-0.1, -0.05) is 42.5 Å². The molecule has 4 amide bonds. The molecule has 0 aliphatic carbocycles. The van der Waals surface area contributed by atoms with Gasteiger partial charge in [-0.15, -0.1) is 4.48 Å². The van der Waals surface area contributed by atoms with Crippen molar-refractivity contribution in [3.05, 3.63) is 84.3 Å². The van der Waals surface area contributed by atoms with Gasteiger partial charge in [0.05, 0.1) is 17.3 Å². The fraction of sp³-hybridized carbons (Fsp3) is 0.160. The Hall–Kier alpha value is -4.37. The van der Waals surface area contributed by atoms with E-state index in [0.29, 0.717) is 22.2 Å². The Morgan fingerprint density at radius 1 is 1.09 bits per heavy atom. The first kappa shape index (κ1) is 21.5. The van der Waals surface area contributed by atoms with Crippen molar-refractivity contribution in [3.8, 4) is 0 Å². The lowest BCUT2D eigenvalue weighted by Crippen LogP contribution is -2.52. The molecule has 2 aliphatic heterocycles. The number of benzene rings is 2. The predicted octanol–water partition coefficient (Wildman–Crippen LogP) is 2.90. The molecule has 3 heterocycles. The van der Waals surface area contributed by atoms with Crippen molar-refractivity contribution in [1.29, 1.82) is 0 Å². The van der Waals surface area contributed by atoms with Crippen LogP contribution in [0.3, 0.4) is 0 Å². The van der Waals surface area contributed by atoms with E-state index >= 15 is 0 Å². The van der Waals surface area contributed by atoms with Gasteiger partial charge in [0, 0.05) is 17.9 Å². The Morgan fingerprint density at radius 3 is 2.62 bits per heavy atom. The molecule has 34 heavy (non-hydrogen) atoms. The second-order valence-corrected chi connectivity index (χ2v) is 8.16. The molecule has 170 valence electrons. The first-order valence-electron chi connectivity index (χ1n) is 10.8. The van der Waals surface area contributed by atoms with Crippen molar-refractivity contribution in [2.75, 3.05) is 0 Å². The summed E-state index contributed by atoms with van der Waals surface area (Å²) < 4.78 is 5.31. The van der Waals surface area contributed by atoms with Crippen LogP contribution in [-0.2, 0) is 20.9 Å². The Bertz CT molecular complexity index is 1350. The van der Waals surface area contributed by atoms with E-state index in [1.807, 2.05) is 30.3 Å². The molecule has 9 heteroatoms. The maximum absolute atomic E-state index is 12.9. The number of pyridine rings is 1. The summed E-state index contributed by atoms with van der Waals surface area (Å²) in [6, 6.07) is 15.5. The van der Waals surface area contributed by atoms with Crippen LogP contribution in [0.1, 0.15) is 28.8 Å². The Kier molecular flexibility index (Phi) is 5.39. The zero-order valence-corrected chi connectivity index (χ0v) is 18.1. The van der Waals surface area contributed by atoms with Gasteiger partial charge in [-0.25, -0.2) is 4.98 Å². The van der Waals surface area contributed by atoms with Crippen molar-refractivity contribution in [2.24, 2.45) is 0 Å². The molecule has 2 N–H and O–H groups in total. The van der Waals surface area contributed by atoms with Crippen molar-refractivity contribution in [2.45, 2.75) is 25.5 Å². The molecule has 0 bridgehead atoms. The first-order chi connectivity index (χ1) is 16.5. The maximum Gasteiger partial charge on any atom is 0.531 e. The molecular weight excluding hydrogens is 436 g/mol. The summed E-state index contributed by atoms with van der Waals surface area (Å²) in [5.41, 5.74) is 2.21. The van der Waals surface area contributed by atoms with Gasteiger partial charge in [0.15, 0.2) is 18.1 Å². The largest absolute Gasteiger partial charge is 0.531 e. The summed E-state index contributed by atoms with van der Waals surface area (Å²) in [7, 11) is 0. The van der Waals surface area contributed by atoms with E-state index in [0.717, 1.165) is 5.56 Å². The lowest BCUT2D eigenvalue weighted by Gasteiger charge is -2.22. The number of carbonyl (C=O) groups is 4. The summed E-state index contributed by atoms with van der Waals surface area (Å²) in [5.74, 6) is -1.33. The quantitative estimate of drug-likeness (QED) is 0.450. The fourth-order valence-corrected chi connectivity index (χ4v) is 3.89. The number of para-hydroxylation sites is 1. The molecule has 9 nitrogen and oxygen atoms in total. The van der Waals surface area contributed by atoms with E-state index in [2.05, 4.69) is 15.6 Å². The first-order valence-corrected chi connectivity index (χ1v) is 10.8. The molecule has 0 radical (unpaired) electrons. The number of quaternary nitrogens is 1. The second kappa shape index (κ2) is 8.53. The normalized spacial score (nSPS) is 18.3. The van der Waals surface area contributed by atoms with Crippen molar-refractivity contribution >= 4 is 40.4 Å². The van der Waals surface area contributed by atoms with Gasteiger partial charge in [-0.05, 0) is 18.1 Å². The van der Waals surface area contributed by atoms with Crippen molar-refractivity contribution in [3.63, 3.8) is 0 Å². The zero-order chi connectivity index (χ0) is 23.7. The second-order valence-electron chi connectivity index (χ2n) is 8.16. The minimum Gasteiger partial charge on any atom is -0.414 e. The molecular formula is C25H21N4O5+. The summed E-state index contributed by atoms with van der Waals surface area (Å²) in [6.07, 6.45) is 4.91. The van der Waals surface area contributed by atoms with Crippen LogP contribution >= 0.6 is 0 Å². The standard InChI is InChI=1S/C25H20N4O5/c30-21-10-9-20(24(32)28-21)27-23(31)19-8-4-7-17-13-18(14-26-22(17)19)29(11-12-29)25(33)34-15-16-5-2-1-3-6-16/h1-8,11-14,20H,9-10,15H2,(H-,27,28,30,31,32)/p+1. The van der Waals surface area contributed by atoms with E-state index in [9.17, 15) is 19.2 Å². The minimum absolute atomic E-state index is 0.160. The van der Waals surface area contributed by atoms with Gasteiger partial charge in [0.1, 0.15) is 12.6 Å². The van der Waals surface area contributed by atoms with Gasteiger partial charge < -0.3 is 10.1 Å². The van der Waals surface area contributed by atoms with Crippen LogP contribution < -0.4 is 15.1 Å². The number of fused-ring (bicyclic) bond motifs is 1. The van der Waals surface area contributed by atoms with Gasteiger partial charge >= 0.3 is 6.09 Å². The number of hydrogen-bond donors (Lipinski definition) is 2. The number of amides is 4. The Labute approximate surface area is 194 Å². The van der Waals surface area contributed by atoms with E-state index < -0.39 is 23.9 Å². The molecule has 2 aromatic carbocycles. The molecule has 2 aliphatic rings. The maximum atomic E-state index is 12.9. The van der Waals surface area contributed by atoms with E-state index in [1.165, 1.54) is 6.20 Å². The molecule has 3 aromatic rings. The van der Waals surface area contributed by atoms with Crippen molar-refractivity contribution < 1.29 is 23.9 Å². The zero-order valence-electron chi connectivity index (χ0n) is 18.1. The molecule has 0 spiro atoms. The third kappa shape index (κ3) is 4.04. The molecule has 1 unspecified atom stereocenters. The number of piperidine rings is 1. The highest BCUT2D eigenvalue weighted by Crippen LogP contribution is 2.36. The van der Waals surface area contributed by atoms with Crippen LogP contribution in [-0.4, -0.2) is 34.8 Å². The van der Waals surface area contributed by atoms with E-state index in [4.69, 9.17) is 4.74 Å². The average molecular weight is 457 g/mol. The number of imide groups is 1. The highest BCUT2D eigenvalue weighted by molar-refractivity contribution is 6.09. The number of aromatic nitrogens is 1. The smallest absolute Gasteiger partial charge is 0.414 e. The third-order valence-corrected chi connectivity index (χ3v) is 5.87. The van der Waals surface area contributed by atoms with Crippen LogP contribution in [0.5, 0.6) is 0 Å². The van der Waals surface area contributed by atoms with Crippen LogP contribution in [0.25, 0.3) is 10.9 Å². The van der Waals surface area contributed by atoms with E-state index in [-0.39, 0.29) is 29.8 Å². The monoisotopic (exact) mass is 457 g/mol. The topological polar surface area (TPSA) is 114 Å². The van der Waals surface area contributed by atoms with Crippen molar-refractivity contribution in [1.82, 2.24) is 20.1 Å². The SMILES string of the molecule is O=C1CCC(NC(=O)c2cccc3cc([N+]4(C(=O)OCc5ccccc5)C=C4)cnc23)C(=O)N1. The molecule has 5 rings (SSSR count). The number of hydrogen-bond acceptors (Lipinski definition) is 6. The van der Waals surface area contributed by atoms with Gasteiger partial charge in [-0.3, -0.25) is 19.7 Å². The summed E-state index contributed by atoms with van der Waals surface area (Å²) in [4.78, 5) is 53.5. The van der Waals surface area contributed by atoms with Crippen LogP contribution in [0, 0.1) is 0 Å². The van der Waals surface area contributed by atoms with E-state index in [1.54, 1.807) is 36.7 Å². The Balaban J connectivity index is 1.34. The van der Waals surface area contributed by atoms with Crippen LogP contribution in [0.15, 0.2) is 73.2 Å². The fourth-order valence-electron chi connectivity index (χ4n) is 3.89. The number of rotatable bonds is 5. The lowest BCUT2D eigenvalue weighted by atomic mass is 10.0. The predicted molar refractivity (Wildman–Crippen MR) is 123 cm³/mol. The molecule has 1 fully saturated rings.